The number of benzene rings is 1. The Hall–Kier alpha value is -2.05. The summed E-state index contributed by atoms with van der Waals surface area (Å²) in [5, 5.41) is 3.82. The highest BCUT2D eigenvalue weighted by Crippen LogP contribution is 2.26. The molecule has 7 heteroatoms. The van der Waals surface area contributed by atoms with Gasteiger partial charge in [-0.1, -0.05) is 17.7 Å². The van der Waals surface area contributed by atoms with Crippen molar-refractivity contribution < 1.29 is 4.74 Å². The van der Waals surface area contributed by atoms with E-state index in [1.165, 1.54) is 0 Å². The van der Waals surface area contributed by atoms with Crippen molar-refractivity contribution in [1.29, 1.82) is 0 Å². The number of hydrazine groups is 1. The summed E-state index contributed by atoms with van der Waals surface area (Å²) in [6.45, 7) is 2.35. The van der Waals surface area contributed by atoms with Crippen LogP contribution in [-0.2, 0) is 6.54 Å². The third-order valence-electron chi connectivity index (χ3n) is 2.73. The number of rotatable bonds is 5. The van der Waals surface area contributed by atoms with Crippen LogP contribution in [0.15, 0.2) is 24.3 Å². The zero-order valence-electron chi connectivity index (χ0n) is 11.3. The van der Waals surface area contributed by atoms with E-state index >= 15 is 0 Å². The van der Waals surface area contributed by atoms with Gasteiger partial charge in [-0.15, -0.1) is 0 Å². The van der Waals surface area contributed by atoms with Crippen LogP contribution in [0.2, 0.25) is 5.02 Å². The summed E-state index contributed by atoms with van der Waals surface area (Å²) in [6, 6.07) is 7.35. The molecule has 1 heterocycles. The van der Waals surface area contributed by atoms with E-state index in [4.69, 9.17) is 22.2 Å². The zero-order valence-corrected chi connectivity index (χ0v) is 12.0. The first kappa shape index (κ1) is 14.4. The molecule has 1 aromatic carbocycles. The fourth-order valence-corrected chi connectivity index (χ4v) is 2.04. The molecule has 106 valence electrons. The standard InChI is InChI=1S/C13H16ClN5O/c1-8-6-12(18-13(17-8)19-15)16-7-9-10(14)4-3-5-11(9)20-2/h3-6H,7,15H2,1-2H3,(H2,16,17,18,19). The van der Waals surface area contributed by atoms with Crippen LogP contribution in [0.4, 0.5) is 11.8 Å². The molecule has 0 unspecified atom stereocenters. The van der Waals surface area contributed by atoms with Gasteiger partial charge in [0.2, 0.25) is 5.95 Å². The number of nitrogens with zero attached hydrogens (tertiary/aromatic N) is 2. The molecule has 0 radical (unpaired) electrons. The van der Waals surface area contributed by atoms with Gasteiger partial charge in [0.05, 0.1) is 7.11 Å². The minimum Gasteiger partial charge on any atom is -0.496 e. The number of nitrogen functional groups attached to an aromatic ring is 1. The second kappa shape index (κ2) is 6.40. The molecule has 0 spiro atoms. The fraction of sp³-hybridized carbons (Fsp3) is 0.231. The minimum absolute atomic E-state index is 0.360. The molecule has 0 amide bonds. The van der Waals surface area contributed by atoms with Crippen LogP contribution >= 0.6 is 11.6 Å². The van der Waals surface area contributed by atoms with Gasteiger partial charge < -0.3 is 10.1 Å². The number of aryl methyl sites for hydroxylation is 1. The molecule has 0 bridgehead atoms. The summed E-state index contributed by atoms with van der Waals surface area (Å²) in [5.41, 5.74) is 4.10. The van der Waals surface area contributed by atoms with Crippen molar-refractivity contribution >= 4 is 23.4 Å². The molecule has 6 nitrogen and oxygen atoms in total. The lowest BCUT2D eigenvalue weighted by atomic mass is 10.2. The first-order valence-electron chi connectivity index (χ1n) is 6.01. The number of halogens is 1. The summed E-state index contributed by atoms with van der Waals surface area (Å²) >= 11 is 6.18. The maximum Gasteiger partial charge on any atom is 0.239 e. The smallest absolute Gasteiger partial charge is 0.239 e. The van der Waals surface area contributed by atoms with Crippen LogP contribution in [0.1, 0.15) is 11.3 Å². The van der Waals surface area contributed by atoms with E-state index in [9.17, 15) is 0 Å². The minimum atomic E-state index is 0.360. The Morgan fingerprint density at radius 2 is 2.15 bits per heavy atom. The lowest BCUT2D eigenvalue weighted by Gasteiger charge is -2.12. The topological polar surface area (TPSA) is 85.1 Å². The predicted octanol–water partition coefficient (Wildman–Crippen LogP) is 2.34. The SMILES string of the molecule is COc1cccc(Cl)c1CNc1cc(C)nc(NN)n1. The summed E-state index contributed by atoms with van der Waals surface area (Å²) < 4.78 is 5.29. The van der Waals surface area contributed by atoms with E-state index in [0.29, 0.717) is 23.3 Å². The fourth-order valence-electron chi connectivity index (χ4n) is 1.80. The highest BCUT2D eigenvalue weighted by molar-refractivity contribution is 6.31. The van der Waals surface area contributed by atoms with Gasteiger partial charge in [-0.3, -0.25) is 5.43 Å². The Labute approximate surface area is 122 Å². The molecule has 0 aliphatic heterocycles. The van der Waals surface area contributed by atoms with Gasteiger partial charge >= 0.3 is 0 Å². The number of hydrogen-bond acceptors (Lipinski definition) is 6. The third kappa shape index (κ3) is 3.28. The lowest BCUT2D eigenvalue weighted by molar-refractivity contribution is 0.410. The van der Waals surface area contributed by atoms with E-state index in [2.05, 4.69) is 20.7 Å². The van der Waals surface area contributed by atoms with Gasteiger partial charge in [-0.25, -0.2) is 10.8 Å². The second-order valence-electron chi connectivity index (χ2n) is 4.14. The maximum atomic E-state index is 6.18. The zero-order chi connectivity index (χ0) is 14.5. The van der Waals surface area contributed by atoms with Crippen molar-refractivity contribution in [3.8, 4) is 5.75 Å². The van der Waals surface area contributed by atoms with E-state index < -0.39 is 0 Å². The Morgan fingerprint density at radius 3 is 2.85 bits per heavy atom. The van der Waals surface area contributed by atoms with Gasteiger partial charge in [0.15, 0.2) is 0 Å². The number of nitrogens with one attached hydrogen (secondary N) is 2. The van der Waals surface area contributed by atoms with Crippen LogP contribution in [0.3, 0.4) is 0 Å². The molecular weight excluding hydrogens is 278 g/mol. The molecule has 0 aliphatic carbocycles. The first-order valence-corrected chi connectivity index (χ1v) is 6.39. The summed E-state index contributed by atoms with van der Waals surface area (Å²) in [4.78, 5) is 8.33. The van der Waals surface area contributed by atoms with Gasteiger partial charge in [-0.05, 0) is 19.1 Å². The van der Waals surface area contributed by atoms with Gasteiger partial charge in [0.25, 0.3) is 0 Å². The van der Waals surface area contributed by atoms with Crippen molar-refractivity contribution in [1.82, 2.24) is 9.97 Å². The number of methoxy groups -OCH3 is 1. The van der Waals surface area contributed by atoms with Crippen molar-refractivity contribution in [3.05, 3.63) is 40.5 Å². The summed E-state index contributed by atoms with van der Waals surface area (Å²) in [6.07, 6.45) is 0. The Morgan fingerprint density at radius 1 is 1.35 bits per heavy atom. The van der Waals surface area contributed by atoms with Crippen LogP contribution in [0.25, 0.3) is 0 Å². The molecule has 0 aliphatic rings. The first-order chi connectivity index (χ1) is 9.63. The van der Waals surface area contributed by atoms with Crippen molar-refractivity contribution in [2.45, 2.75) is 13.5 Å². The lowest BCUT2D eigenvalue weighted by Crippen LogP contribution is -2.12. The van der Waals surface area contributed by atoms with Crippen LogP contribution in [0.5, 0.6) is 5.75 Å². The maximum absolute atomic E-state index is 6.18. The average molecular weight is 294 g/mol. The van der Waals surface area contributed by atoms with E-state index in [1.807, 2.05) is 31.2 Å². The Kier molecular flexibility index (Phi) is 4.60. The highest BCUT2D eigenvalue weighted by Gasteiger charge is 2.08. The largest absolute Gasteiger partial charge is 0.496 e. The van der Waals surface area contributed by atoms with E-state index in [1.54, 1.807) is 7.11 Å². The monoisotopic (exact) mass is 293 g/mol. The molecule has 2 rings (SSSR count). The van der Waals surface area contributed by atoms with Crippen LogP contribution in [0, 0.1) is 6.92 Å². The highest BCUT2D eigenvalue weighted by atomic mass is 35.5. The number of anilines is 2. The predicted molar refractivity (Wildman–Crippen MR) is 79.9 cm³/mol. The van der Waals surface area contributed by atoms with Crippen molar-refractivity contribution in [3.63, 3.8) is 0 Å². The third-order valence-corrected chi connectivity index (χ3v) is 3.08. The molecule has 0 fully saturated rings. The van der Waals surface area contributed by atoms with Crippen molar-refractivity contribution in [2.75, 3.05) is 17.9 Å². The number of nitrogens with two attached hydrogens (primary N) is 1. The Bertz CT molecular complexity index is 605. The number of aromatic nitrogens is 2. The normalized spacial score (nSPS) is 10.2. The van der Waals surface area contributed by atoms with E-state index in [0.717, 1.165) is 17.0 Å². The summed E-state index contributed by atoms with van der Waals surface area (Å²) in [7, 11) is 1.61. The molecule has 0 atom stereocenters. The quantitative estimate of drug-likeness (QED) is 0.579. The van der Waals surface area contributed by atoms with Crippen LogP contribution < -0.4 is 21.3 Å². The van der Waals surface area contributed by atoms with Gasteiger partial charge in [0, 0.05) is 28.9 Å². The molecule has 1 aromatic heterocycles. The Balaban J connectivity index is 2.19. The van der Waals surface area contributed by atoms with Crippen molar-refractivity contribution in [2.24, 2.45) is 5.84 Å². The van der Waals surface area contributed by atoms with E-state index in [-0.39, 0.29) is 0 Å². The van der Waals surface area contributed by atoms with Gasteiger partial charge in [0.1, 0.15) is 11.6 Å². The molecular formula is C13H16ClN5O. The van der Waals surface area contributed by atoms with Gasteiger partial charge in [-0.2, -0.15) is 4.98 Å². The molecule has 0 saturated carbocycles. The molecule has 20 heavy (non-hydrogen) atoms. The summed E-state index contributed by atoms with van der Waals surface area (Å²) in [5.74, 6) is 7.07. The molecule has 2 aromatic rings. The number of hydrogen-bond donors (Lipinski definition) is 3. The van der Waals surface area contributed by atoms with Crippen LogP contribution in [-0.4, -0.2) is 17.1 Å². The number of ether oxygens (including phenoxy) is 1. The average Bonchev–Trinajstić information content (AvgIpc) is 2.45. The molecule has 4 N–H and O–H groups in total. The second-order valence-corrected chi connectivity index (χ2v) is 4.54. The molecule has 0 saturated heterocycles.